The zero-order valence-electron chi connectivity index (χ0n) is 17.8. The van der Waals surface area contributed by atoms with Crippen LogP contribution in [-0.4, -0.2) is 49.0 Å². The molecule has 0 spiro atoms. The summed E-state index contributed by atoms with van der Waals surface area (Å²) in [4.78, 5) is 14.7. The molecule has 0 atom stereocenters. The summed E-state index contributed by atoms with van der Waals surface area (Å²) in [5.41, 5.74) is 4.26. The first-order valence-electron chi connectivity index (χ1n) is 9.54. The van der Waals surface area contributed by atoms with Crippen molar-refractivity contribution in [2.24, 2.45) is 5.10 Å². The molecular formula is C21H24FN7O2. The molecule has 0 bridgehead atoms. The Morgan fingerprint density at radius 1 is 1.03 bits per heavy atom. The number of hydrogen-bond donors (Lipinski definition) is 2. The number of rotatable bonds is 9. The molecule has 3 aromatic rings. The fourth-order valence-corrected chi connectivity index (χ4v) is 2.54. The molecule has 0 saturated carbocycles. The van der Waals surface area contributed by atoms with Gasteiger partial charge in [0.05, 0.1) is 19.9 Å². The van der Waals surface area contributed by atoms with E-state index in [1.54, 1.807) is 30.4 Å². The van der Waals surface area contributed by atoms with Crippen molar-refractivity contribution in [3.05, 3.63) is 53.8 Å². The summed E-state index contributed by atoms with van der Waals surface area (Å²) in [6.07, 6.45) is 1.62. The molecule has 10 heteroatoms. The average Bonchev–Trinajstić information content (AvgIpc) is 2.76. The monoisotopic (exact) mass is 425 g/mol. The van der Waals surface area contributed by atoms with Crippen LogP contribution < -0.4 is 25.1 Å². The molecule has 2 N–H and O–H groups in total. The summed E-state index contributed by atoms with van der Waals surface area (Å²) in [7, 11) is 5.22. The van der Waals surface area contributed by atoms with Gasteiger partial charge in [0.2, 0.25) is 17.8 Å². The molecule has 0 radical (unpaired) electrons. The predicted octanol–water partition coefficient (Wildman–Crippen LogP) is 3.67. The molecule has 3 rings (SSSR count). The van der Waals surface area contributed by atoms with Gasteiger partial charge < -0.3 is 19.7 Å². The lowest BCUT2D eigenvalue weighted by Crippen LogP contribution is -2.15. The van der Waals surface area contributed by atoms with Crippen molar-refractivity contribution in [3.63, 3.8) is 0 Å². The molecule has 0 aliphatic rings. The summed E-state index contributed by atoms with van der Waals surface area (Å²) in [6.45, 7) is 2.46. The Hall–Kier alpha value is -3.95. The number of methoxy groups -OCH3 is 1. The van der Waals surface area contributed by atoms with Crippen LogP contribution in [0.1, 0.15) is 12.5 Å². The van der Waals surface area contributed by atoms with Gasteiger partial charge in [0, 0.05) is 19.8 Å². The molecule has 9 nitrogen and oxygen atoms in total. The third-order valence-corrected chi connectivity index (χ3v) is 3.99. The van der Waals surface area contributed by atoms with E-state index in [0.29, 0.717) is 35.7 Å². The second-order valence-corrected chi connectivity index (χ2v) is 6.52. The van der Waals surface area contributed by atoms with Crippen LogP contribution in [0.25, 0.3) is 0 Å². The van der Waals surface area contributed by atoms with Crippen molar-refractivity contribution in [1.29, 1.82) is 0 Å². The van der Waals surface area contributed by atoms with Crippen LogP contribution in [0.5, 0.6) is 11.5 Å². The topological polar surface area (TPSA) is 96.8 Å². The number of benzene rings is 2. The Kier molecular flexibility index (Phi) is 7.15. The van der Waals surface area contributed by atoms with Crippen LogP contribution in [0.15, 0.2) is 47.6 Å². The highest BCUT2D eigenvalue weighted by atomic mass is 19.1. The summed E-state index contributed by atoms with van der Waals surface area (Å²) >= 11 is 0. The fourth-order valence-electron chi connectivity index (χ4n) is 2.54. The Morgan fingerprint density at radius 2 is 1.77 bits per heavy atom. The number of nitrogens with one attached hydrogen (secondary N) is 2. The SMILES string of the molecule is CCOc1ccc(/C=N\Nc2nc(Nc3ccc(F)cc3)nc(N(C)C)n2)cc1OC. The predicted molar refractivity (Wildman–Crippen MR) is 119 cm³/mol. The third kappa shape index (κ3) is 6.01. The second kappa shape index (κ2) is 10.2. The molecule has 1 aromatic heterocycles. The normalized spacial score (nSPS) is 10.7. The maximum Gasteiger partial charge on any atom is 0.250 e. The summed E-state index contributed by atoms with van der Waals surface area (Å²) in [5, 5.41) is 7.23. The van der Waals surface area contributed by atoms with Crippen molar-refractivity contribution in [2.45, 2.75) is 6.92 Å². The molecule has 0 saturated heterocycles. The highest BCUT2D eigenvalue weighted by Crippen LogP contribution is 2.27. The molecule has 0 amide bonds. The van der Waals surface area contributed by atoms with E-state index in [9.17, 15) is 4.39 Å². The molecule has 0 aliphatic carbocycles. The second-order valence-electron chi connectivity index (χ2n) is 6.52. The van der Waals surface area contributed by atoms with Crippen LogP contribution in [0.4, 0.5) is 27.9 Å². The highest BCUT2D eigenvalue weighted by molar-refractivity contribution is 5.81. The van der Waals surface area contributed by atoms with E-state index >= 15 is 0 Å². The lowest BCUT2D eigenvalue weighted by molar-refractivity contribution is 0.311. The first-order chi connectivity index (χ1) is 15.0. The molecule has 0 aliphatic heterocycles. The number of hydrazone groups is 1. The maximum absolute atomic E-state index is 13.1. The van der Waals surface area contributed by atoms with Gasteiger partial charge in [-0.1, -0.05) is 0 Å². The minimum absolute atomic E-state index is 0.248. The fraction of sp³-hybridized carbons (Fsp3) is 0.238. The molecule has 2 aromatic carbocycles. The van der Waals surface area contributed by atoms with Crippen molar-refractivity contribution < 1.29 is 13.9 Å². The van der Waals surface area contributed by atoms with Crippen molar-refractivity contribution >= 4 is 29.7 Å². The van der Waals surface area contributed by atoms with Gasteiger partial charge in [-0.25, -0.2) is 9.82 Å². The first-order valence-corrected chi connectivity index (χ1v) is 9.54. The van der Waals surface area contributed by atoms with Gasteiger partial charge in [0.25, 0.3) is 0 Å². The van der Waals surface area contributed by atoms with E-state index < -0.39 is 0 Å². The number of ether oxygens (including phenoxy) is 2. The standard InChI is InChI=1S/C21H24FN7O2/c1-5-31-17-11-6-14(12-18(17)30-4)13-23-28-20-25-19(26-21(27-20)29(2)3)24-16-9-7-15(22)8-10-16/h6-13H,5H2,1-4H3,(H2,24,25,26,27,28)/b23-13-. The Morgan fingerprint density at radius 3 is 2.45 bits per heavy atom. The van der Waals surface area contributed by atoms with Crippen molar-refractivity contribution in [3.8, 4) is 11.5 Å². The van der Waals surface area contributed by atoms with Gasteiger partial charge in [0.15, 0.2) is 11.5 Å². The zero-order valence-corrected chi connectivity index (χ0v) is 17.8. The van der Waals surface area contributed by atoms with E-state index in [4.69, 9.17) is 9.47 Å². The molecule has 1 heterocycles. The Balaban J connectivity index is 1.77. The lowest BCUT2D eigenvalue weighted by atomic mass is 10.2. The highest BCUT2D eigenvalue weighted by Gasteiger charge is 2.09. The van der Waals surface area contributed by atoms with Crippen molar-refractivity contribution in [1.82, 2.24) is 15.0 Å². The molecule has 0 fully saturated rings. The molecule has 31 heavy (non-hydrogen) atoms. The van der Waals surface area contributed by atoms with Gasteiger partial charge in [-0.15, -0.1) is 0 Å². The quantitative estimate of drug-likeness (QED) is 0.396. The first kappa shape index (κ1) is 21.8. The van der Waals surface area contributed by atoms with E-state index in [0.717, 1.165) is 5.56 Å². The van der Waals surface area contributed by atoms with Crippen LogP contribution in [0, 0.1) is 5.82 Å². The van der Waals surface area contributed by atoms with Crippen molar-refractivity contribution in [2.75, 3.05) is 43.5 Å². The average molecular weight is 425 g/mol. The van der Waals surface area contributed by atoms with E-state index in [1.165, 1.54) is 12.1 Å². The van der Waals surface area contributed by atoms with Gasteiger partial charge in [-0.05, 0) is 55.0 Å². The number of anilines is 4. The molecule has 162 valence electrons. The number of aromatic nitrogens is 3. The van der Waals surface area contributed by atoms with E-state index in [1.807, 2.05) is 39.2 Å². The minimum atomic E-state index is -0.321. The van der Waals surface area contributed by atoms with Gasteiger partial charge in [-0.2, -0.15) is 20.1 Å². The maximum atomic E-state index is 13.1. The van der Waals surface area contributed by atoms with E-state index in [2.05, 4.69) is 30.8 Å². The summed E-state index contributed by atoms with van der Waals surface area (Å²) < 4.78 is 24.0. The van der Waals surface area contributed by atoms with Crippen LogP contribution in [0.2, 0.25) is 0 Å². The lowest BCUT2D eigenvalue weighted by Gasteiger charge is -2.13. The largest absolute Gasteiger partial charge is 0.493 e. The minimum Gasteiger partial charge on any atom is -0.493 e. The number of hydrogen-bond acceptors (Lipinski definition) is 9. The van der Waals surface area contributed by atoms with Crippen LogP contribution in [-0.2, 0) is 0 Å². The summed E-state index contributed by atoms with van der Waals surface area (Å²) in [6, 6.07) is 11.4. The van der Waals surface area contributed by atoms with Gasteiger partial charge >= 0.3 is 0 Å². The van der Waals surface area contributed by atoms with E-state index in [-0.39, 0.29) is 11.8 Å². The smallest absolute Gasteiger partial charge is 0.250 e. The third-order valence-electron chi connectivity index (χ3n) is 3.99. The van der Waals surface area contributed by atoms with Gasteiger partial charge in [0.1, 0.15) is 5.82 Å². The van der Waals surface area contributed by atoms with Crippen LogP contribution >= 0.6 is 0 Å². The molecule has 0 unspecified atom stereocenters. The molecular weight excluding hydrogens is 401 g/mol. The van der Waals surface area contributed by atoms with Crippen LogP contribution in [0.3, 0.4) is 0 Å². The summed E-state index contributed by atoms with van der Waals surface area (Å²) in [5.74, 6) is 1.94. The Bertz CT molecular complexity index is 1040. The Labute approximate surface area is 180 Å². The van der Waals surface area contributed by atoms with Gasteiger partial charge in [-0.3, -0.25) is 0 Å². The number of halogens is 1. The number of nitrogens with zero attached hydrogens (tertiary/aromatic N) is 5. The zero-order chi connectivity index (χ0) is 22.2.